The van der Waals surface area contributed by atoms with E-state index in [2.05, 4.69) is 15.1 Å². The van der Waals surface area contributed by atoms with Crippen molar-refractivity contribution in [1.29, 1.82) is 0 Å². The van der Waals surface area contributed by atoms with Crippen LogP contribution < -0.4 is 4.74 Å². The summed E-state index contributed by atoms with van der Waals surface area (Å²) in [5.74, 6) is 0.136. The average molecular weight is 343 g/mol. The second-order valence-corrected chi connectivity index (χ2v) is 6.75. The number of hydrogen-bond acceptors (Lipinski definition) is 4. The van der Waals surface area contributed by atoms with Crippen molar-refractivity contribution < 1.29 is 14.6 Å². The topological polar surface area (TPSA) is 78.5 Å². The van der Waals surface area contributed by atoms with Crippen molar-refractivity contribution in [3.05, 3.63) is 36.0 Å². The molecular formula is C19H25N3O3. The third kappa shape index (κ3) is 3.54. The van der Waals surface area contributed by atoms with E-state index in [1.54, 1.807) is 7.11 Å². The zero-order valence-corrected chi connectivity index (χ0v) is 14.8. The number of aromatic nitrogens is 2. The summed E-state index contributed by atoms with van der Waals surface area (Å²) in [6, 6.07) is 7.85. The number of methoxy groups -OCH3 is 1. The van der Waals surface area contributed by atoms with E-state index in [0.29, 0.717) is 19.5 Å². The summed E-state index contributed by atoms with van der Waals surface area (Å²) in [5, 5.41) is 16.9. The third-order valence-electron chi connectivity index (χ3n) is 5.28. The number of carboxylic acids is 1. The molecule has 25 heavy (non-hydrogen) atoms. The van der Waals surface area contributed by atoms with Crippen LogP contribution in [0.5, 0.6) is 5.75 Å². The Morgan fingerprint density at radius 3 is 2.80 bits per heavy atom. The van der Waals surface area contributed by atoms with Gasteiger partial charge in [-0.1, -0.05) is 6.92 Å². The van der Waals surface area contributed by atoms with Gasteiger partial charge in [0.05, 0.1) is 24.4 Å². The van der Waals surface area contributed by atoms with Crippen LogP contribution in [0, 0.1) is 5.41 Å². The smallest absolute Gasteiger partial charge is 0.310 e. The number of piperidine rings is 1. The molecule has 0 spiro atoms. The number of ether oxygens (including phenoxy) is 1. The van der Waals surface area contributed by atoms with Crippen molar-refractivity contribution in [2.24, 2.45) is 5.41 Å². The van der Waals surface area contributed by atoms with Gasteiger partial charge in [-0.15, -0.1) is 0 Å². The molecule has 0 amide bonds. The molecule has 1 aliphatic rings. The molecule has 1 fully saturated rings. The van der Waals surface area contributed by atoms with E-state index in [4.69, 9.17) is 4.74 Å². The van der Waals surface area contributed by atoms with E-state index >= 15 is 0 Å². The van der Waals surface area contributed by atoms with Gasteiger partial charge >= 0.3 is 5.97 Å². The van der Waals surface area contributed by atoms with Gasteiger partial charge in [0, 0.05) is 24.2 Å². The highest BCUT2D eigenvalue weighted by Crippen LogP contribution is 2.35. The van der Waals surface area contributed by atoms with E-state index in [0.717, 1.165) is 42.0 Å². The maximum Gasteiger partial charge on any atom is 0.310 e. The molecule has 1 saturated heterocycles. The van der Waals surface area contributed by atoms with E-state index in [-0.39, 0.29) is 0 Å². The number of hydrogen-bond donors (Lipinski definition) is 2. The SMILES string of the molecule is CCC1(C(=O)O)CCCN(Cc2cn[nH]c2-c2ccc(OC)cc2)C1. The van der Waals surface area contributed by atoms with E-state index in [1.807, 2.05) is 37.4 Å². The van der Waals surface area contributed by atoms with Gasteiger partial charge in [-0.25, -0.2) is 0 Å². The van der Waals surface area contributed by atoms with Gasteiger partial charge in [-0.2, -0.15) is 5.10 Å². The highest BCUT2D eigenvalue weighted by atomic mass is 16.5. The van der Waals surface area contributed by atoms with Crippen molar-refractivity contribution in [2.75, 3.05) is 20.2 Å². The van der Waals surface area contributed by atoms with Crippen LogP contribution >= 0.6 is 0 Å². The van der Waals surface area contributed by atoms with Crippen LogP contribution in [0.2, 0.25) is 0 Å². The van der Waals surface area contributed by atoms with Gasteiger partial charge in [-0.05, 0) is 50.1 Å². The van der Waals surface area contributed by atoms with Crippen molar-refractivity contribution in [1.82, 2.24) is 15.1 Å². The zero-order chi connectivity index (χ0) is 17.9. The minimum absolute atomic E-state index is 0.589. The standard InChI is InChI=1S/C19H25N3O3/c1-3-19(18(23)24)9-4-10-22(13-19)12-15-11-20-21-17(15)14-5-7-16(25-2)8-6-14/h5-8,11H,3-4,9-10,12-13H2,1-2H3,(H,20,21)(H,23,24). The molecule has 2 N–H and O–H groups in total. The Labute approximate surface area is 147 Å². The van der Waals surface area contributed by atoms with Crippen LogP contribution in [0.3, 0.4) is 0 Å². The maximum absolute atomic E-state index is 11.7. The fourth-order valence-corrected chi connectivity index (χ4v) is 3.66. The lowest BCUT2D eigenvalue weighted by Crippen LogP contribution is -2.47. The molecule has 3 rings (SSSR count). The first-order valence-electron chi connectivity index (χ1n) is 8.70. The molecule has 2 heterocycles. The molecule has 2 aromatic rings. The van der Waals surface area contributed by atoms with E-state index < -0.39 is 11.4 Å². The Bertz CT molecular complexity index is 726. The van der Waals surface area contributed by atoms with Crippen LogP contribution in [0.4, 0.5) is 0 Å². The number of nitrogens with one attached hydrogen (secondary N) is 1. The number of benzene rings is 1. The summed E-state index contributed by atoms with van der Waals surface area (Å²) in [5.41, 5.74) is 2.49. The molecular weight excluding hydrogens is 318 g/mol. The molecule has 0 saturated carbocycles. The highest BCUT2D eigenvalue weighted by molar-refractivity contribution is 5.75. The van der Waals surface area contributed by atoms with Crippen LogP contribution in [-0.2, 0) is 11.3 Å². The Morgan fingerprint density at radius 2 is 2.16 bits per heavy atom. The molecule has 1 aromatic heterocycles. The number of H-pyrrole nitrogens is 1. The van der Waals surface area contributed by atoms with Crippen LogP contribution in [0.25, 0.3) is 11.3 Å². The van der Waals surface area contributed by atoms with Crippen LogP contribution in [-0.4, -0.2) is 46.4 Å². The monoisotopic (exact) mass is 343 g/mol. The van der Waals surface area contributed by atoms with Gasteiger partial charge in [0.1, 0.15) is 5.75 Å². The van der Waals surface area contributed by atoms with Crippen molar-refractivity contribution in [2.45, 2.75) is 32.7 Å². The fourth-order valence-electron chi connectivity index (χ4n) is 3.66. The summed E-state index contributed by atoms with van der Waals surface area (Å²) >= 11 is 0. The Hall–Kier alpha value is -2.34. The zero-order valence-electron chi connectivity index (χ0n) is 14.8. The average Bonchev–Trinajstić information content (AvgIpc) is 3.09. The van der Waals surface area contributed by atoms with Gasteiger partial charge < -0.3 is 9.84 Å². The number of nitrogens with zero attached hydrogens (tertiary/aromatic N) is 2. The Morgan fingerprint density at radius 1 is 1.40 bits per heavy atom. The first-order valence-corrected chi connectivity index (χ1v) is 8.70. The van der Waals surface area contributed by atoms with Gasteiger partial charge in [-0.3, -0.25) is 14.8 Å². The quantitative estimate of drug-likeness (QED) is 0.842. The predicted molar refractivity (Wildman–Crippen MR) is 95.4 cm³/mol. The summed E-state index contributed by atoms with van der Waals surface area (Å²) in [6.07, 6.45) is 4.17. The van der Waals surface area contributed by atoms with Gasteiger partial charge in [0.15, 0.2) is 0 Å². The second-order valence-electron chi connectivity index (χ2n) is 6.75. The lowest BCUT2D eigenvalue weighted by atomic mass is 9.77. The first kappa shape index (κ1) is 17.5. The molecule has 1 aliphatic heterocycles. The minimum atomic E-state index is -0.678. The number of likely N-dealkylation sites (tertiary alicyclic amines) is 1. The van der Waals surface area contributed by atoms with Gasteiger partial charge in [0.2, 0.25) is 0 Å². The summed E-state index contributed by atoms with van der Waals surface area (Å²) in [7, 11) is 1.65. The Kier molecular flexibility index (Phi) is 5.08. The molecule has 1 aromatic carbocycles. The van der Waals surface area contributed by atoms with Gasteiger partial charge in [0.25, 0.3) is 0 Å². The molecule has 1 atom stereocenters. The normalized spacial score (nSPS) is 21.2. The molecule has 0 radical (unpaired) electrons. The van der Waals surface area contributed by atoms with Crippen LogP contribution in [0.1, 0.15) is 31.7 Å². The fraction of sp³-hybridized carbons (Fsp3) is 0.474. The minimum Gasteiger partial charge on any atom is -0.497 e. The summed E-state index contributed by atoms with van der Waals surface area (Å²) in [6.45, 7) is 4.18. The molecule has 1 unspecified atom stereocenters. The second kappa shape index (κ2) is 7.27. The van der Waals surface area contributed by atoms with E-state index in [9.17, 15) is 9.90 Å². The third-order valence-corrected chi connectivity index (χ3v) is 5.28. The lowest BCUT2D eigenvalue weighted by molar-refractivity contribution is -0.153. The molecule has 6 heteroatoms. The molecule has 134 valence electrons. The van der Waals surface area contributed by atoms with Crippen molar-refractivity contribution in [3.63, 3.8) is 0 Å². The number of aromatic amines is 1. The highest BCUT2D eigenvalue weighted by Gasteiger charge is 2.40. The number of aliphatic carboxylic acids is 1. The molecule has 0 bridgehead atoms. The molecule has 6 nitrogen and oxygen atoms in total. The summed E-state index contributed by atoms with van der Waals surface area (Å²) < 4.78 is 5.21. The number of rotatable bonds is 6. The largest absolute Gasteiger partial charge is 0.497 e. The molecule has 0 aliphatic carbocycles. The van der Waals surface area contributed by atoms with Crippen molar-refractivity contribution in [3.8, 4) is 17.0 Å². The van der Waals surface area contributed by atoms with Crippen LogP contribution in [0.15, 0.2) is 30.5 Å². The lowest BCUT2D eigenvalue weighted by Gasteiger charge is -2.39. The maximum atomic E-state index is 11.7. The van der Waals surface area contributed by atoms with E-state index in [1.165, 1.54) is 0 Å². The Balaban J connectivity index is 1.77. The van der Waals surface area contributed by atoms with Crippen molar-refractivity contribution >= 4 is 5.97 Å². The summed E-state index contributed by atoms with van der Waals surface area (Å²) in [4.78, 5) is 14.0. The number of carbonyl (C=O) groups is 1. The first-order chi connectivity index (χ1) is 12.1. The predicted octanol–water partition coefficient (Wildman–Crippen LogP) is 3.16. The number of carboxylic acid groups (broad SMARTS) is 1.